The third-order valence-electron chi connectivity index (χ3n) is 5.07. The fraction of sp³-hybridized carbons (Fsp3) is 0.174. The van der Waals surface area contributed by atoms with Crippen LogP contribution in [-0.4, -0.2) is 48.0 Å². The van der Waals surface area contributed by atoms with Crippen LogP contribution in [0.25, 0.3) is 17.8 Å². The number of hydrogen-bond donors (Lipinski definition) is 5. The van der Waals surface area contributed by atoms with E-state index in [1.807, 2.05) is 4.98 Å². The molecule has 1 aromatic carbocycles. The van der Waals surface area contributed by atoms with Crippen molar-refractivity contribution in [2.75, 3.05) is 5.75 Å². The summed E-state index contributed by atoms with van der Waals surface area (Å²) in [5.74, 6) is -1.99. The molecule has 194 valence electrons. The third-order valence-corrected chi connectivity index (χ3v) is 5.87. The molecule has 0 aliphatic carbocycles. The second-order valence-electron chi connectivity index (χ2n) is 7.76. The van der Waals surface area contributed by atoms with Crippen LogP contribution < -0.4 is 22.5 Å². The summed E-state index contributed by atoms with van der Waals surface area (Å²) in [6.45, 7) is 1.22. The number of aromatic amines is 2. The van der Waals surface area contributed by atoms with Crippen LogP contribution in [0.4, 0.5) is 0 Å². The lowest BCUT2D eigenvalue weighted by atomic mass is 10.2. The Kier molecular flexibility index (Phi) is 7.98. The molecule has 0 bridgehead atoms. The predicted molar refractivity (Wildman–Crippen MR) is 135 cm³/mol. The van der Waals surface area contributed by atoms with E-state index in [0.29, 0.717) is 11.3 Å². The highest BCUT2D eigenvalue weighted by Gasteiger charge is 2.14. The number of nitrogens with one attached hydrogen (secondary N) is 2. The molecule has 14 heteroatoms. The SMILES string of the molecule is CC(=C=Cc1c(O)n(CCCS(=O)(=O)O)c(=O)[nH]c1=O)C=Cc1c(O)n(-c2ccccc2)c(=O)[nH]c1=O. The Morgan fingerprint density at radius 2 is 1.59 bits per heavy atom. The molecule has 0 saturated heterocycles. The largest absolute Gasteiger partial charge is 0.494 e. The zero-order valence-corrected chi connectivity index (χ0v) is 20.2. The Hall–Kier alpha value is -4.65. The van der Waals surface area contributed by atoms with Crippen LogP contribution in [0.3, 0.4) is 0 Å². The van der Waals surface area contributed by atoms with E-state index in [4.69, 9.17) is 4.55 Å². The van der Waals surface area contributed by atoms with Gasteiger partial charge in [-0.1, -0.05) is 24.3 Å². The van der Waals surface area contributed by atoms with E-state index in [0.717, 1.165) is 15.2 Å². The minimum Gasteiger partial charge on any atom is -0.494 e. The van der Waals surface area contributed by atoms with Crippen molar-refractivity contribution in [3.63, 3.8) is 0 Å². The van der Waals surface area contributed by atoms with Crippen molar-refractivity contribution >= 4 is 22.3 Å². The first kappa shape index (κ1) is 26.9. The zero-order valence-electron chi connectivity index (χ0n) is 19.3. The van der Waals surface area contributed by atoms with E-state index in [9.17, 15) is 37.8 Å². The molecule has 13 nitrogen and oxygen atoms in total. The smallest absolute Gasteiger partial charge is 0.335 e. The lowest BCUT2D eigenvalue weighted by Crippen LogP contribution is -2.31. The number of aromatic hydroxyl groups is 2. The van der Waals surface area contributed by atoms with Gasteiger partial charge < -0.3 is 10.2 Å². The third kappa shape index (κ3) is 6.52. The number of allylic oxidation sites excluding steroid dienone is 2. The highest BCUT2D eigenvalue weighted by molar-refractivity contribution is 7.85. The zero-order chi connectivity index (χ0) is 27.3. The maximum atomic E-state index is 12.3. The first-order chi connectivity index (χ1) is 17.4. The summed E-state index contributed by atoms with van der Waals surface area (Å²) >= 11 is 0. The fourth-order valence-electron chi connectivity index (χ4n) is 3.27. The minimum atomic E-state index is -4.28. The van der Waals surface area contributed by atoms with E-state index in [1.165, 1.54) is 19.1 Å². The second kappa shape index (κ2) is 11.0. The number of H-pyrrole nitrogens is 2. The number of hydrogen-bond acceptors (Lipinski definition) is 8. The van der Waals surface area contributed by atoms with Crippen molar-refractivity contribution in [2.45, 2.75) is 19.9 Å². The van der Waals surface area contributed by atoms with Crippen LogP contribution in [0.2, 0.25) is 0 Å². The predicted octanol–water partition coefficient (Wildman–Crippen LogP) is 0.337. The van der Waals surface area contributed by atoms with Gasteiger partial charge in [0.25, 0.3) is 21.2 Å². The number of rotatable bonds is 8. The van der Waals surface area contributed by atoms with E-state index in [-0.39, 0.29) is 24.1 Å². The fourth-order valence-corrected chi connectivity index (χ4v) is 3.76. The average Bonchev–Trinajstić information content (AvgIpc) is 2.80. The number of benzene rings is 1. The molecule has 37 heavy (non-hydrogen) atoms. The first-order valence-corrected chi connectivity index (χ1v) is 12.3. The summed E-state index contributed by atoms with van der Waals surface area (Å²) in [5, 5.41) is 20.9. The maximum Gasteiger partial charge on any atom is 0.335 e. The highest BCUT2D eigenvalue weighted by Crippen LogP contribution is 2.18. The molecule has 0 aliphatic heterocycles. The normalized spacial score (nSPS) is 11.4. The molecular weight excluding hydrogens is 508 g/mol. The summed E-state index contributed by atoms with van der Waals surface area (Å²) in [7, 11) is -4.28. The quantitative estimate of drug-likeness (QED) is 0.154. The van der Waals surface area contributed by atoms with Gasteiger partial charge >= 0.3 is 11.4 Å². The molecule has 0 aliphatic rings. The first-order valence-electron chi connectivity index (χ1n) is 10.7. The summed E-state index contributed by atoms with van der Waals surface area (Å²) < 4.78 is 32.2. The molecule has 0 fully saturated rings. The molecule has 0 saturated carbocycles. The monoisotopic (exact) mass is 530 g/mol. The van der Waals surface area contributed by atoms with Crippen LogP contribution in [0, 0.1) is 0 Å². The maximum absolute atomic E-state index is 12.3. The summed E-state index contributed by atoms with van der Waals surface area (Å²) in [4.78, 5) is 52.7. The number of para-hydroxylation sites is 1. The van der Waals surface area contributed by atoms with Gasteiger partial charge in [0, 0.05) is 6.54 Å². The number of aromatic nitrogens is 4. The van der Waals surface area contributed by atoms with E-state index in [1.54, 1.807) is 30.3 Å². The van der Waals surface area contributed by atoms with Gasteiger partial charge in [0.15, 0.2) is 0 Å². The lowest BCUT2D eigenvalue weighted by molar-refractivity contribution is 0.396. The Balaban J connectivity index is 1.97. The van der Waals surface area contributed by atoms with Gasteiger partial charge in [-0.25, -0.2) is 14.2 Å². The van der Waals surface area contributed by atoms with Gasteiger partial charge in [-0.3, -0.25) is 28.7 Å². The Morgan fingerprint density at radius 1 is 0.973 bits per heavy atom. The summed E-state index contributed by atoms with van der Waals surface area (Å²) in [5.41, 5.74) is -0.821. The molecule has 3 aromatic rings. The molecule has 0 amide bonds. The molecular formula is C23H22N4O9S. The Bertz CT molecular complexity index is 1770. The molecule has 0 radical (unpaired) electrons. The van der Waals surface area contributed by atoms with Gasteiger partial charge in [0.2, 0.25) is 11.8 Å². The van der Waals surface area contributed by atoms with Gasteiger partial charge in [-0.15, -0.1) is 5.73 Å². The van der Waals surface area contributed by atoms with Crippen LogP contribution in [0.1, 0.15) is 24.5 Å². The van der Waals surface area contributed by atoms with Crippen LogP contribution in [-0.2, 0) is 16.7 Å². The average molecular weight is 531 g/mol. The van der Waals surface area contributed by atoms with Crippen molar-refractivity contribution in [3.05, 3.63) is 101 Å². The van der Waals surface area contributed by atoms with Gasteiger partial charge in [-0.2, -0.15) is 8.42 Å². The van der Waals surface area contributed by atoms with E-state index >= 15 is 0 Å². The van der Waals surface area contributed by atoms with Gasteiger partial charge in [-0.05, 0) is 43.2 Å². The molecule has 2 heterocycles. The molecule has 2 aromatic heterocycles. The second-order valence-corrected chi connectivity index (χ2v) is 9.33. The van der Waals surface area contributed by atoms with Crippen molar-refractivity contribution in [1.29, 1.82) is 0 Å². The van der Waals surface area contributed by atoms with E-state index < -0.39 is 50.1 Å². The Labute approximate surface area is 208 Å². The lowest BCUT2D eigenvalue weighted by Gasteiger charge is -2.09. The van der Waals surface area contributed by atoms with E-state index in [2.05, 4.69) is 10.7 Å². The molecule has 0 unspecified atom stereocenters. The molecule has 3 rings (SSSR count). The molecule has 0 atom stereocenters. The minimum absolute atomic E-state index is 0.206. The van der Waals surface area contributed by atoms with Gasteiger partial charge in [0.05, 0.1) is 11.4 Å². The van der Waals surface area contributed by atoms with Crippen LogP contribution in [0.15, 0.2) is 66.9 Å². The number of nitrogens with zero attached hydrogens (tertiary/aromatic N) is 2. The van der Waals surface area contributed by atoms with Gasteiger partial charge in [0.1, 0.15) is 11.1 Å². The summed E-state index contributed by atoms with van der Waals surface area (Å²) in [6.07, 6.45) is 3.45. The standard InChI is InChI=1S/C23H22N4O9S/c1-14(8-10-16-18(28)24-22(32)26(20(16)30)12-5-13-37(34,35)36)9-11-17-19(29)25-23(33)27(21(17)31)15-6-3-2-4-7-15/h2-4,6-7,9-11,30-31H,5,12-13H2,1H3,(H,24,28,32)(H,25,29,33)(H,34,35,36). The van der Waals surface area contributed by atoms with Crippen LogP contribution in [0.5, 0.6) is 11.8 Å². The summed E-state index contributed by atoms with van der Waals surface area (Å²) in [6, 6.07) is 8.13. The van der Waals surface area contributed by atoms with Crippen molar-refractivity contribution in [3.8, 4) is 17.4 Å². The van der Waals surface area contributed by atoms with Crippen molar-refractivity contribution in [2.24, 2.45) is 0 Å². The van der Waals surface area contributed by atoms with Crippen molar-refractivity contribution < 1.29 is 23.2 Å². The molecule has 5 N–H and O–H groups in total. The Morgan fingerprint density at radius 3 is 2.24 bits per heavy atom. The van der Waals surface area contributed by atoms with Crippen molar-refractivity contribution in [1.82, 2.24) is 19.1 Å². The topological polar surface area (TPSA) is 205 Å². The highest BCUT2D eigenvalue weighted by atomic mass is 32.2. The van der Waals surface area contributed by atoms with Crippen LogP contribution >= 0.6 is 0 Å². The molecule has 0 spiro atoms.